The van der Waals surface area contributed by atoms with Gasteiger partial charge in [0.1, 0.15) is 0 Å². The summed E-state index contributed by atoms with van der Waals surface area (Å²) in [5, 5.41) is 7.60. The van der Waals surface area contributed by atoms with Crippen LogP contribution in [0.1, 0.15) is 43.4 Å². The van der Waals surface area contributed by atoms with Gasteiger partial charge >= 0.3 is 0 Å². The maximum absolute atomic E-state index is 12.5. The Kier molecular flexibility index (Phi) is 6.07. The van der Waals surface area contributed by atoms with E-state index < -0.39 is 0 Å². The first-order chi connectivity index (χ1) is 17.6. The molecule has 2 atom stereocenters. The van der Waals surface area contributed by atoms with Crippen LogP contribution in [0.15, 0.2) is 61.1 Å². The Labute approximate surface area is 210 Å². The Morgan fingerprint density at radius 3 is 2.81 bits per heavy atom. The van der Waals surface area contributed by atoms with E-state index in [1.165, 1.54) is 5.57 Å². The highest BCUT2D eigenvalue weighted by Gasteiger charge is 2.25. The zero-order valence-electron chi connectivity index (χ0n) is 20.4. The van der Waals surface area contributed by atoms with Crippen LogP contribution in [0.5, 0.6) is 0 Å². The highest BCUT2D eigenvalue weighted by molar-refractivity contribution is 5.89. The molecule has 3 N–H and O–H groups in total. The zero-order valence-corrected chi connectivity index (χ0v) is 20.4. The molecule has 3 aromatic heterocycles. The summed E-state index contributed by atoms with van der Waals surface area (Å²) in [6.45, 7) is 2.93. The van der Waals surface area contributed by atoms with Gasteiger partial charge in [0.05, 0.1) is 35.0 Å². The third-order valence-electron chi connectivity index (χ3n) is 7.24. The van der Waals surface area contributed by atoms with Gasteiger partial charge in [0.2, 0.25) is 5.91 Å². The lowest BCUT2D eigenvalue weighted by molar-refractivity contribution is -0.123. The molecule has 1 aromatic carbocycles. The van der Waals surface area contributed by atoms with Crippen molar-refractivity contribution in [3.8, 4) is 22.6 Å². The summed E-state index contributed by atoms with van der Waals surface area (Å²) in [7, 11) is 0. The van der Waals surface area contributed by atoms with Crippen LogP contribution >= 0.6 is 0 Å². The predicted molar refractivity (Wildman–Crippen MR) is 142 cm³/mol. The first-order valence-electron chi connectivity index (χ1n) is 12.7. The molecule has 1 saturated heterocycles. The van der Waals surface area contributed by atoms with Crippen molar-refractivity contribution >= 4 is 22.4 Å². The fourth-order valence-corrected chi connectivity index (χ4v) is 5.28. The van der Waals surface area contributed by atoms with E-state index in [2.05, 4.69) is 55.9 Å². The van der Waals surface area contributed by atoms with Crippen LogP contribution < -0.4 is 10.6 Å². The van der Waals surface area contributed by atoms with Crippen molar-refractivity contribution in [3.63, 3.8) is 0 Å². The summed E-state index contributed by atoms with van der Waals surface area (Å²) in [6, 6.07) is 14.7. The summed E-state index contributed by atoms with van der Waals surface area (Å²) in [5.74, 6) is 0.146. The number of aromatic nitrogens is 4. The van der Waals surface area contributed by atoms with Crippen molar-refractivity contribution in [1.29, 1.82) is 0 Å². The molecule has 4 aromatic rings. The number of H-pyrrole nitrogens is 1. The molecule has 1 aliphatic carbocycles. The maximum Gasteiger partial charge on any atom is 0.237 e. The van der Waals surface area contributed by atoms with Crippen LogP contribution in [0, 0.1) is 6.92 Å². The minimum absolute atomic E-state index is 0.0222. The van der Waals surface area contributed by atoms with Crippen molar-refractivity contribution < 1.29 is 4.79 Å². The van der Waals surface area contributed by atoms with Crippen LogP contribution in [0.25, 0.3) is 39.1 Å². The average molecular weight is 479 g/mol. The van der Waals surface area contributed by atoms with E-state index in [0.717, 1.165) is 83.5 Å². The number of hydrogen-bond donors (Lipinski definition) is 3. The van der Waals surface area contributed by atoms with Gasteiger partial charge in [-0.1, -0.05) is 18.2 Å². The molecule has 182 valence electrons. The lowest BCUT2D eigenvalue weighted by Crippen LogP contribution is -2.45. The average Bonchev–Trinajstić information content (AvgIpc) is 3.61. The van der Waals surface area contributed by atoms with E-state index in [-0.39, 0.29) is 18.0 Å². The molecule has 1 amide bonds. The van der Waals surface area contributed by atoms with E-state index in [9.17, 15) is 4.79 Å². The molecule has 7 heteroatoms. The standard InChI is InChI=1S/C29H30N6O/c1-18-4-2-5-25(34-18)28-27(32-17-33-28)20-9-12-24-21(14-20)15-22(16-31-24)19-7-10-23(11-8-19)35-29(36)26-6-3-13-30-26/h2,4-5,7,9,12,14-17,23,26,30H,3,6,8,10-11,13H2,1H3,(H,32,33)(H,35,36)/t23-,26?/m1/s1. The number of rotatable bonds is 5. The number of pyridine rings is 2. The van der Waals surface area contributed by atoms with Gasteiger partial charge in [-0.15, -0.1) is 0 Å². The lowest BCUT2D eigenvalue weighted by atomic mass is 9.90. The summed E-state index contributed by atoms with van der Waals surface area (Å²) in [6.07, 6.45) is 10.7. The zero-order chi connectivity index (χ0) is 24.5. The van der Waals surface area contributed by atoms with Crippen molar-refractivity contribution in [2.24, 2.45) is 0 Å². The Morgan fingerprint density at radius 2 is 2.00 bits per heavy atom. The summed E-state index contributed by atoms with van der Waals surface area (Å²) in [4.78, 5) is 29.7. The summed E-state index contributed by atoms with van der Waals surface area (Å²) >= 11 is 0. The van der Waals surface area contributed by atoms with Crippen LogP contribution in [0.2, 0.25) is 0 Å². The van der Waals surface area contributed by atoms with Crippen molar-refractivity contribution in [2.75, 3.05) is 6.54 Å². The van der Waals surface area contributed by atoms with E-state index in [1.807, 2.05) is 31.3 Å². The van der Waals surface area contributed by atoms with Gasteiger partial charge in [0, 0.05) is 28.9 Å². The number of carbonyl (C=O) groups is 1. The number of aromatic amines is 1. The largest absolute Gasteiger partial charge is 0.352 e. The number of imidazole rings is 1. The van der Waals surface area contributed by atoms with E-state index in [4.69, 9.17) is 4.98 Å². The molecule has 1 unspecified atom stereocenters. The van der Waals surface area contributed by atoms with Gasteiger partial charge in [-0.3, -0.25) is 14.8 Å². The Balaban J connectivity index is 1.23. The Morgan fingerprint density at radius 1 is 1.08 bits per heavy atom. The Bertz CT molecular complexity index is 1450. The molecule has 0 spiro atoms. The SMILES string of the molecule is Cc1cccc(-c2[nH]cnc2-c2ccc3ncc(C4=CC[C@@H](NC(=O)C5CCCN5)CC4)cc3c2)n1. The summed E-state index contributed by atoms with van der Waals surface area (Å²) in [5.41, 5.74) is 8.07. The smallest absolute Gasteiger partial charge is 0.237 e. The minimum atomic E-state index is -0.0222. The third-order valence-corrected chi connectivity index (χ3v) is 7.24. The van der Waals surface area contributed by atoms with Crippen molar-refractivity contribution in [3.05, 3.63) is 72.3 Å². The van der Waals surface area contributed by atoms with Crippen molar-refractivity contribution in [2.45, 2.75) is 51.1 Å². The van der Waals surface area contributed by atoms with Gasteiger partial charge in [0.15, 0.2) is 0 Å². The highest BCUT2D eigenvalue weighted by Crippen LogP contribution is 2.32. The van der Waals surface area contributed by atoms with Crippen LogP contribution in [0.4, 0.5) is 0 Å². The highest BCUT2D eigenvalue weighted by atomic mass is 16.2. The molecule has 1 fully saturated rings. The third kappa shape index (κ3) is 4.54. The molecule has 0 bridgehead atoms. The number of carbonyl (C=O) groups excluding carboxylic acids is 1. The number of hydrogen-bond acceptors (Lipinski definition) is 5. The first-order valence-corrected chi connectivity index (χ1v) is 12.7. The number of nitrogens with one attached hydrogen (secondary N) is 3. The molecule has 4 heterocycles. The van der Waals surface area contributed by atoms with Gasteiger partial charge < -0.3 is 15.6 Å². The molecule has 0 saturated carbocycles. The van der Waals surface area contributed by atoms with Crippen LogP contribution in [0.3, 0.4) is 0 Å². The molecule has 0 radical (unpaired) electrons. The minimum Gasteiger partial charge on any atom is -0.352 e. The molecule has 2 aliphatic rings. The fraction of sp³-hybridized carbons (Fsp3) is 0.310. The molecular formula is C29H30N6O. The van der Waals surface area contributed by atoms with Gasteiger partial charge in [-0.2, -0.15) is 0 Å². The predicted octanol–water partition coefficient (Wildman–Crippen LogP) is 4.80. The van der Waals surface area contributed by atoms with Gasteiger partial charge in [-0.05, 0) is 87.0 Å². The van der Waals surface area contributed by atoms with E-state index in [1.54, 1.807) is 6.33 Å². The normalized spacial score (nSPS) is 19.9. The molecule has 7 nitrogen and oxygen atoms in total. The van der Waals surface area contributed by atoms with E-state index in [0.29, 0.717) is 0 Å². The van der Waals surface area contributed by atoms with Crippen molar-refractivity contribution in [1.82, 2.24) is 30.6 Å². The number of fused-ring (bicyclic) bond motifs is 1. The molecule has 6 rings (SSSR count). The monoisotopic (exact) mass is 478 g/mol. The second kappa shape index (κ2) is 9.66. The maximum atomic E-state index is 12.5. The fourth-order valence-electron chi connectivity index (χ4n) is 5.28. The van der Waals surface area contributed by atoms with Crippen LogP contribution in [-0.4, -0.2) is 44.5 Å². The van der Waals surface area contributed by atoms with Crippen LogP contribution in [-0.2, 0) is 4.79 Å². The number of aryl methyl sites for hydroxylation is 1. The lowest BCUT2D eigenvalue weighted by Gasteiger charge is -2.24. The summed E-state index contributed by atoms with van der Waals surface area (Å²) < 4.78 is 0. The number of benzene rings is 1. The quantitative estimate of drug-likeness (QED) is 0.383. The Hall–Kier alpha value is -3.84. The van der Waals surface area contributed by atoms with E-state index >= 15 is 0 Å². The topological polar surface area (TPSA) is 95.6 Å². The molecule has 36 heavy (non-hydrogen) atoms. The first kappa shape index (κ1) is 22.6. The second-order valence-electron chi connectivity index (χ2n) is 9.78. The molecular weight excluding hydrogens is 448 g/mol. The van der Waals surface area contributed by atoms with Gasteiger partial charge in [0.25, 0.3) is 0 Å². The number of nitrogens with zero attached hydrogens (tertiary/aromatic N) is 3. The van der Waals surface area contributed by atoms with Gasteiger partial charge in [-0.25, -0.2) is 4.98 Å². The number of amides is 1. The molecule has 1 aliphatic heterocycles. The second-order valence-corrected chi connectivity index (χ2v) is 9.78. The number of allylic oxidation sites excluding steroid dienone is 1.